The minimum Gasteiger partial charge on any atom is -0.443 e. The first-order valence-electron chi connectivity index (χ1n) is 7.25. The molecule has 0 spiro atoms. The lowest BCUT2D eigenvalue weighted by Crippen LogP contribution is -2.20. The number of hydrogen-bond acceptors (Lipinski definition) is 4. The van der Waals surface area contributed by atoms with Crippen LogP contribution < -0.4 is 0 Å². The molecule has 0 radical (unpaired) electrons. The van der Waals surface area contributed by atoms with Gasteiger partial charge in [0.15, 0.2) is 10.8 Å². The Labute approximate surface area is 147 Å². The van der Waals surface area contributed by atoms with Gasteiger partial charge in [0.1, 0.15) is 0 Å². The first-order valence-corrected chi connectivity index (χ1v) is 8.05. The van der Waals surface area contributed by atoms with Gasteiger partial charge in [-0.3, -0.25) is 4.79 Å². The van der Waals surface area contributed by atoms with E-state index in [2.05, 4.69) is 15.9 Å². The summed E-state index contributed by atoms with van der Waals surface area (Å²) in [6.45, 7) is 0. The molecule has 5 heteroatoms. The van der Waals surface area contributed by atoms with Crippen LogP contribution in [0.1, 0.15) is 32.6 Å². The van der Waals surface area contributed by atoms with Gasteiger partial charge in [0.2, 0.25) is 11.5 Å². The number of esters is 1. The minimum absolute atomic E-state index is 0.0312. The predicted octanol–water partition coefficient (Wildman–Crippen LogP) is 4.82. The van der Waals surface area contributed by atoms with Crippen molar-refractivity contribution in [3.63, 3.8) is 0 Å². The lowest BCUT2D eigenvalue weighted by molar-refractivity contribution is 0.0249. The highest BCUT2D eigenvalue weighted by molar-refractivity contribution is 9.10. The molecule has 0 amide bonds. The zero-order valence-electron chi connectivity index (χ0n) is 12.5. The van der Waals surface area contributed by atoms with Gasteiger partial charge in [0.25, 0.3) is 0 Å². The molecule has 3 aromatic rings. The maximum atomic E-state index is 12.8. The van der Waals surface area contributed by atoms with E-state index >= 15 is 0 Å². The Morgan fingerprint density at radius 3 is 2.08 bits per heavy atom. The molecule has 0 fully saturated rings. The molecular weight excluding hydrogens is 372 g/mol. The number of furan rings is 1. The molecule has 0 saturated heterocycles. The van der Waals surface area contributed by atoms with Crippen LogP contribution in [-0.4, -0.2) is 11.8 Å². The first kappa shape index (κ1) is 16.2. The van der Waals surface area contributed by atoms with Gasteiger partial charge in [-0.2, -0.15) is 0 Å². The highest BCUT2D eigenvalue weighted by Gasteiger charge is 2.27. The molecule has 2 aromatic carbocycles. The van der Waals surface area contributed by atoms with Crippen molar-refractivity contribution in [2.75, 3.05) is 0 Å². The Morgan fingerprint density at radius 1 is 0.875 bits per heavy atom. The van der Waals surface area contributed by atoms with Crippen molar-refractivity contribution < 1.29 is 18.7 Å². The summed E-state index contributed by atoms with van der Waals surface area (Å²) >= 11 is 3.14. The zero-order valence-corrected chi connectivity index (χ0v) is 14.1. The van der Waals surface area contributed by atoms with Gasteiger partial charge in [-0.15, -0.1) is 0 Å². The van der Waals surface area contributed by atoms with Gasteiger partial charge in [-0.25, -0.2) is 4.79 Å². The van der Waals surface area contributed by atoms with E-state index in [1.165, 1.54) is 6.07 Å². The molecule has 1 aromatic heterocycles. The third-order valence-electron chi connectivity index (χ3n) is 3.40. The van der Waals surface area contributed by atoms with Gasteiger partial charge in [-0.1, -0.05) is 60.7 Å². The van der Waals surface area contributed by atoms with Crippen LogP contribution in [0.2, 0.25) is 0 Å². The predicted molar refractivity (Wildman–Crippen MR) is 91.8 cm³/mol. The van der Waals surface area contributed by atoms with Crippen molar-refractivity contribution in [1.82, 2.24) is 0 Å². The van der Waals surface area contributed by atoms with E-state index in [0.29, 0.717) is 15.8 Å². The van der Waals surface area contributed by atoms with Gasteiger partial charge in [0.05, 0.1) is 0 Å². The molecule has 1 heterocycles. The molecular formula is C19H13BrO4. The van der Waals surface area contributed by atoms with Crippen LogP contribution in [0.5, 0.6) is 0 Å². The highest BCUT2D eigenvalue weighted by Crippen LogP contribution is 2.25. The Bertz CT molecular complexity index is 840. The minimum atomic E-state index is -1.04. The molecule has 0 bridgehead atoms. The highest BCUT2D eigenvalue weighted by atomic mass is 79.9. The van der Waals surface area contributed by atoms with Gasteiger partial charge in [-0.05, 0) is 28.1 Å². The van der Waals surface area contributed by atoms with E-state index in [4.69, 9.17) is 9.15 Å². The van der Waals surface area contributed by atoms with Crippen molar-refractivity contribution >= 4 is 27.7 Å². The molecule has 4 nitrogen and oxygen atoms in total. The second-order valence-electron chi connectivity index (χ2n) is 5.03. The van der Waals surface area contributed by atoms with E-state index in [0.717, 1.165) is 0 Å². The summed E-state index contributed by atoms with van der Waals surface area (Å²) in [7, 11) is 0. The number of hydrogen-bond donors (Lipinski definition) is 0. The lowest BCUT2D eigenvalue weighted by atomic mass is 10.00. The fourth-order valence-electron chi connectivity index (χ4n) is 2.24. The summed E-state index contributed by atoms with van der Waals surface area (Å²) in [6.07, 6.45) is -1.04. The number of Topliss-reactive ketones (excluding diaryl/α,β-unsaturated/α-hetero) is 1. The largest absolute Gasteiger partial charge is 0.443 e. The summed E-state index contributed by atoms with van der Waals surface area (Å²) < 4.78 is 11.1. The van der Waals surface area contributed by atoms with Crippen molar-refractivity contribution in [3.8, 4) is 0 Å². The third-order valence-corrected chi connectivity index (χ3v) is 3.82. The normalized spacial score (nSPS) is 11.7. The third kappa shape index (κ3) is 3.63. The second-order valence-corrected chi connectivity index (χ2v) is 5.81. The molecule has 1 atom stereocenters. The second kappa shape index (κ2) is 7.27. The number of rotatable bonds is 5. The molecule has 24 heavy (non-hydrogen) atoms. The van der Waals surface area contributed by atoms with E-state index in [1.807, 2.05) is 12.1 Å². The average Bonchev–Trinajstić information content (AvgIpc) is 3.07. The van der Waals surface area contributed by atoms with Crippen molar-refractivity contribution in [3.05, 3.63) is 94.4 Å². The lowest BCUT2D eigenvalue weighted by Gasteiger charge is -2.16. The fourth-order valence-corrected chi connectivity index (χ4v) is 2.55. The van der Waals surface area contributed by atoms with Crippen molar-refractivity contribution in [2.45, 2.75) is 6.10 Å². The maximum absolute atomic E-state index is 12.8. The molecule has 0 N–H and O–H groups in total. The molecule has 120 valence electrons. The Kier molecular flexibility index (Phi) is 4.91. The number of carbonyl (C=O) groups is 2. The molecule has 0 aliphatic heterocycles. The summed E-state index contributed by atoms with van der Waals surface area (Å²) in [5.74, 6) is -0.955. The molecule has 0 aliphatic carbocycles. The van der Waals surface area contributed by atoms with Crippen LogP contribution in [0.25, 0.3) is 0 Å². The number of ether oxygens (including phenoxy) is 1. The van der Waals surface area contributed by atoms with Crippen LogP contribution in [0, 0.1) is 0 Å². The number of carbonyl (C=O) groups excluding carboxylic acids is 2. The van der Waals surface area contributed by atoms with Crippen LogP contribution in [-0.2, 0) is 4.74 Å². The standard InChI is InChI=1S/C19H13BrO4/c20-16-12-11-15(23-16)19(22)24-18(14-9-5-2-6-10-14)17(21)13-7-3-1-4-8-13/h1-12,18H. The summed E-state index contributed by atoms with van der Waals surface area (Å²) in [6, 6.07) is 20.7. The van der Waals surface area contributed by atoms with Gasteiger partial charge in [0, 0.05) is 11.1 Å². The molecule has 3 rings (SSSR count). The Morgan fingerprint density at radius 2 is 1.50 bits per heavy atom. The van der Waals surface area contributed by atoms with Gasteiger partial charge < -0.3 is 9.15 Å². The van der Waals surface area contributed by atoms with E-state index in [9.17, 15) is 9.59 Å². The smallest absolute Gasteiger partial charge is 0.375 e. The first-order chi connectivity index (χ1) is 11.6. The maximum Gasteiger partial charge on any atom is 0.375 e. The SMILES string of the molecule is O=C(OC(C(=O)c1ccccc1)c1ccccc1)c1ccc(Br)o1. The van der Waals surface area contributed by atoms with Crippen molar-refractivity contribution in [2.24, 2.45) is 0 Å². The topological polar surface area (TPSA) is 56.5 Å². The number of ketones is 1. The molecule has 1 unspecified atom stereocenters. The quantitative estimate of drug-likeness (QED) is 0.467. The molecule has 0 aliphatic rings. The number of halogens is 1. The summed E-state index contributed by atoms with van der Waals surface area (Å²) in [4.78, 5) is 25.1. The molecule has 0 saturated carbocycles. The van der Waals surface area contributed by atoms with Crippen LogP contribution >= 0.6 is 15.9 Å². The van der Waals surface area contributed by atoms with Crippen LogP contribution in [0.3, 0.4) is 0 Å². The summed E-state index contributed by atoms with van der Waals surface area (Å²) in [5.41, 5.74) is 1.07. The Hall–Kier alpha value is -2.66. The van der Waals surface area contributed by atoms with E-state index in [1.54, 1.807) is 54.6 Å². The van der Waals surface area contributed by atoms with Crippen LogP contribution in [0.15, 0.2) is 81.9 Å². The van der Waals surface area contributed by atoms with Crippen molar-refractivity contribution in [1.29, 1.82) is 0 Å². The summed E-state index contributed by atoms with van der Waals surface area (Å²) in [5, 5.41) is 0. The number of benzene rings is 2. The monoisotopic (exact) mass is 384 g/mol. The Balaban J connectivity index is 1.91. The average molecular weight is 385 g/mol. The van der Waals surface area contributed by atoms with E-state index < -0.39 is 12.1 Å². The fraction of sp³-hybridized carbons (Fsp3) is 0.0526. The zero-order chi connectivity index (χ0) is 16.9. The van der Waals surface area contributed by atoms with Crippen LogP contribution in [0.4, 0.5) is 0 Å². The van der Waals surface area contributed by atoms with Gasteiger partial charge >= 0.3 is 5.97 Å². The van der Waals surface area contributed by atoms with E-state index in [-0.39, 0.29) is 11.5 Å².